The summed E-state index contributed by atoms with van der Waals surface area (Å²) in [7, 11) is 0. The highest BCUT2D eigenvalue weighted by Crippen LogP contribution is 2.34. The van der Waals surface area contributed by atoms with Crippen LogP contribution in [0.2, 0.25) is 0 Å². The average Bonchev–Trinajstić information content (AvgIpc) is 2.52. The molecule has 1 aliphatic carbocycles. The molecule has 0 atom stereocenters. The number of rotatable bonds is 4. The van der Waals surface area contributed by atoms with Crippen LogP contribution < -0.4 is 11.1 Å². The van der Waals surface area contributed by atoms with Crippen LogP contribution in [-0.4, -0.2) is 19.0 Å². The molecule has 0 unspecified atom stereocenters. The van der Waals surface area contributed by atoms with Crippen molar-refractivity contribution in [2.75, 3.05) is 13.1 Å². The second-order valence-electron chi connectivity index (χ2n) is 4.40. The first-order valence-corrected chi connectivity index (χ1v) is 5.84. The number of hydrogen-bond acceptors (Lipinski definition) is 2. The van der Waals surface area contributed by atoms with Gasteiger partial charge in [0.25, 0.3) is 0 Å². The minimum Gasteiger partial charge on any atom is -0.352 e. The summed E-state index contributed by atoms with van der Waals surface area (Å²) >= 11 is 0. The molecule has 1 saturated carbocycles. The van der Waals surface area contributed by atoms with Gasteiger partial charge in [0.2, 0.25) is 5.91 Å². The van der Waals surface area contributed by atoms with Gasteiger partial charge in [0.05, 0.1) is 5.41 Å². The summed E-state index contributed by atoms with van der Waals surface area (Å²) < 4.78 is 0. The topological polar surface area (TPSA) is 55.1 Å². The summed E-state index contributed by atoms with van der Waals surface area (Å²) in [4.78, 5) is 12.0. The minimum absolute atomic E-state index is 0.117. The zero-order chi connectivity index (χ0) is 11.1. The highest BCUT2D eigenvalue weighted by atomic mass is 16.2. The van der Waals surface area contributed by atoms with Crippen LogP contribution in [0.4, 0.5) is 0 Å². The zero-order valence-electron chi connectivity index (χ0n) is 9.43. The first kappa shape index (κ1) is 12.2. The lowest BCUT2D eigenvalue weighted by atomic mass is 9.79. The molecule has 1 rings (SSSR count). The van der Waals surface area contributed by atoms with Crippen molar-refractivity contribution in [1.82, 2.24) is 5.32 Å². The largest absolute Gasteiger partial charge is 0.352 e. The van der Waals surface area contributed by atoms with Gasteiger partial charge in [0, 0.05) is 13.1 Å². The number of carbonyl (C=O) groups is 1. The van der Waals surface area contributed by atoms with E-state index in [0.29, 0.717) is 13.1 Å². The molecule has 15 heavy (non-hydrogen) atoms. The smallest absolute Gasteiger partial charge is 0.227 e. The standard InChI is InChI=1S/C12H22N2O/c1-2-9-14-11(15)12(10-13)7-5-3-4-6-8-12/h2H,1,3-10,13H2,(H,14,15). The van der Waals surface area contributed by atoms with Gasteiger partial charge in [0.1, 0.15) is 0 Å². The predicted octanol–water partition coefficient (Wildman–Crippen LogP) is 1.59. The van der Waals surface area contributed by atoms with Crippen molar-refractivity contribution in [3.05, 3.63) is 12.7 Å². The predicted molar refractivity (Wildman–Crippen MR) is 62.4 cm³/mol. The normalized spacial score (nSPS) is 20.3. The van der Waals surface area contributed by atoms with E-state index in [4.69, 9.17) is 5.73 Å². The van der Waals surface area contributed by atoms with Gasteiger partial charge in [-0.2, -0.15) is 0 Å². The van der Waals surface area contributed by atoms with Gasteiger partial charge in [-0.1, -0.05) is 31.8 Å². The molecule has 86 valence electrons. The second-order valence-corrected chi connectivity index (χ2v) is 4.40. The molecule has 1 amide bonds. The van der Waals surface area contributed by atoms with E-state index < -0.39 is 0 Å². The first-order valence-electron chi connectivity index (χ1n) is 5.84. The van der Waals surface area contributed by atoms with E-state index in [1.807, 2.05) is 0 Å². The van der Waals surface area contributed by atoms with Crippen LogP contribution in [0.3, 0.4) is 0 Å². The SMILES string of the molecule is C=CCNC(=O)C1(CN)CCCCCC1. The van der Waals surface area contributed by atoms with E-state index in [1.54, 1.807) is 6.08 Å². The van der Waals surface area contributed by atoms with Crippen LogP contribution in [0.1, 0.15) is 38.5 Å². The third-order valence-corrected chi connectivity index (χ3v) is 3.34. The fourth-order valence-corrected chi connectivity index (χ4v) is 2.28. The fraction of sp³-hybridized carbons (Fsp3) is 0.750. The lowest BCUT2D eigenvalue weighted by molar-refractivity contribution is -0.131. The molecule has 0 aromatic carbocycles. The summed E-state index contributed by atoms with van der Waals surface area (Å²) in [5.41, 5.74) is 5.49. The Morgan fingerprint density at radius 2 is 1.93 bits per heavy atom. The van der Waals surface area contributed by atoms with Gasteiger partial charge in [-0.3, -0.25) is 4.79 Å². The Morgan fingerprint density at radius 3 is 2.40 bits per heavy atom. The fourth-order valence-electron chi connectivity index (χ4n) is 2.28. The lowest BCUT2D eigenvalue weighted by Crippen LogP contribution is -2.45. The first-order chi connectivity index (χ1) is 7.25. The molecule has 1 fully saturated rings. The lowest BCUT2D eigenvalue weighted by Gasteiger charge is -2.29. The van der Waals surface area contributed by atoms with Crippen LogP contribution in [0.15, 0.2) is 12.7 Å². The summed E-state index contributed by atoms with van der Waals surface area (Å²) in [6, 6.07) is 0. The Kier molecular flexibility index (Phi) is 4.82. The van der Waals surface area contributed by atoms with E-state index in [0.717, 1.165) is 25.7 Å². The molecule has 0 aromatic heterocycles. The highest BCUT2D eigenvalue weighted by Gasteiger charge is 2.36. The third-order valence-electron chi connectivity index (χ3n) is 3.34. The summed E-state index contributed by atoms with van der Waals surface area (Å²) in [6.07, 6.45) is 8.29. The van der Waals surface area contributed by atoms with Crippen molar-refractivity contribution < 1.29 is 4.79 Å². The van der Waals surface area contributed by atoms with Gasteiger partial charge in [-0.05, 0) is 12.8 Å². The van der Waals surface area contributed by atoms with Crippen LogP contribution >= 0.6 is 0 Å². The van der Waals surface area contributed by atoms with Crippen LogP contribution in [0.5, 0.6) is 0 Å². The molecular weight excluding hydrogens is 188 g/mol. The molecule has 0 aromatic rings. The Hall–Kier alpha value is -0.830. The summed E-state index contributed by atoms with van der Waals surface area (Å²) in [5, 5.41) is 2.88. The molecule has 0 saturated heterocycles. The number of hydrogen-bond donors (Lipinski definition) is 2. The molecule has 0 heterocycles. The van der Waals surface area contributed by atoms with Gasteiger partial charge in [0.15, 0.2) is 0 Å². The summed E-state index contributed by atoms with van der Waals surface area (Å²) in [5.74, 6) is 0.117. The van der Waals surface area contributed by atoms with Gasteiger partial charge < -0.3 is 11.1 Å². The number of nitrogens with one attached hydrogen (secondary N) is 1. The highest BCUT2D eigenvalue weighted by molar-refractivity contribution is 5.83. The Bertz CT molecular complexity index is 218. The van der Waals surface area contributed by atoms with Crippen LogP contribution in [0.25, 0.3) is 0 Å². The van der Waals surface area contributed by atoms with Crippen molar-refractivity contribution in [3.63, 3.8) is 0 Å². The van der Waals surface area contributed by atoms with Crippen molar-refractivity contribution in [1.29, 1.82) is 0 Å². The quantitative estimate of drug-likeness (QED) is 0.547. The molecule has 1 aliphatic rings. The van der Waals surface area contributed by atoms with E-state index in [2.05, 4.69) is 11.9 Å². The third kappa shape index (κ3) is 3.06. The zero-order valence-corrected chi connectivity index (χ0v) is 9.43. The second kappa shape index (κ2) is 5.91. The Balaban J connectivity index is 2.63. The molecule has 0 radical (unpaired) electrons. The Morgan fingerprint density at radius 1 is 1.33 bits per heavy atom. The maximum Gasteiger partial charge on any atom is 0.227 e. The maximum absolute atomic E-state index is 12.0. The van der Waals surface area contributed by atoms with Gasteiger partial charge >= 0.3 is 0 Å². The van der Waals surface area contributed by atoms with Crippen molar-refractivity contribution in [2.45, 2.75) is 38.5 Å². The van der Waals surface area contributed by atoms with E-state index in [-0.39, 0.29) is 11.3 Å². The molecule has 0 aliphatic heterocycles. The van der Waals surface area contributed by atoms with E-state index in [9.17, 15) is 4.79 Å². The van der Waals surface area contributed by atoms with Crippen molar-refractivity contribution in [3.8, 4) is 0 Å². The Labute approximate surface area is 92.1 Å². The molecule has 3 nitrogen and oxygen atoms in total. The number of amides is 1. The van der Waals surface area contributed by atoms with Crippen molar-refractivity contribution in [2.24, 2.45) is 11.1 Å². The monoisotopic (exact) mass is 210 g/mol. The van der Waals surface area contributed by atoms with Crippen molar-refractivity contribution >= 4 is 5.91 Å². The molecule has 3 N–H and O–H groups in total. The van der Waals surface area contributed by atoms with Crippen LogP contribution in [-0.2, 0) is 4.79 Å². The number of carbonyl (C=O) groups excluding carboxylic acids is 1. The van der Waals surface area contributed by atoms with Crippen LogP contribution in [0, 0.1) is 5.41 Å². The molecule has 0 spiro atoms. The average molecular weight is 210 g/mol. The minimum atomic E-state index is -0.306. The van der Waals surface area contributed by atoms with E-state index in [1.165, 1.54) is 12.8 Å². The molecule has 0 bridgehead atoms. The van der Waals surface area contributed by atoms with Gasteiger partial charge in [-0.15, -0.1) is 6.58 Å². The number of nitrogens with two attached hydrogens (primary N) is 1. The molecular formula is C12H22N2O. The molecule has 3 heteroatoms. The summed E-state index contributed by atoms with van der Waals surface area (Å²) in [6.45, 7) is 4.61. The maximum atomic E-state index is 12.0. The van der Waals surface area contributed by atoms with E-state index >= 15 is 0 Å². The van der Waals surface area contributed by atoms with Gasteiger partial charge in [-0.25, -0.2) is 0 Å².